The molecule has 0 aliphatic rings. The number of hydrogen-bond acceptors (Lipinski definition) is 7. The molecular formula is C17H19N3O3S. The topological polar surface area (TPSA) is 70.3 Å². The molecule has 0 saturated carbocycles. The Kier molecular flexibility index (Phi) is 5.22. The third-order valence-corrected chi connectivity index (χ3v) is 4.52. The fourth-order valence-corrected chi connectivity index (χ4v) is 3.10. The van der Waals surface area contributed by atoms with E-state index in [0.717, 1.165) is 22.0 Å². The highest BCUT2D eigenvalue weighted by atomic mass is 32.1. The summed E-state index contributed by atoms with van der Waals surface area (Å²) < 4.78 is 16.1. The molecule has 0 unspecified atom stereocenters. The number of thiazole rings is 1. The lowest BCUT2D eigenvalue weighted by atomic mass is 10.2. The molecule has 3 aromatic rings. The van der Waals surface area contributed by atoms with Crippen LogP contribution in [0.3, 0.4) is 0 Å². The monoisotopic (exact) mass is 345 g/mol. The minimum atomic E-state index is 0.00350. The van der Waals surface area contributed by atoms with Gasteiger partial charge >= 0.3 is 0 Å². The summed E-state index contributed by atoms with van der Waals surface area (Å²) in [6.07, 6.45) is 0.510. The van der Waals surface area contributed by atoms with Crippen LogP contribution in [0.15, 0.2) is 34.2 Å². The van der Waals surface area contributed by atoms with E-state index in [-0.39, 0.29) is 6.10 Å². The average molecular weight is 345 g/mol. The molecule has 0 saturated heterocycles. The quantitative estimate of drug-likeness (QED) is 0.647. The predicted molar refractivity (Wildman–Crippen MR) is 91.2 cm³/mol. The van der Waals surface area contributed by atoms with Gasteiger partial charge in [0.1, 0.15) is 16.9 Å². The van der Waals surface area contributed by atoms with Gasteiger partial charge in [-0.3, -0.25) is 0 Å². The van der Waals surface area contributed by atoms with Crippen LogP contribution in [-0.2, 0) is 11.2 Å². The van der Waals surface area contributed by atoms with Crippen molar-refractivity contribution in [2.75, 3.05) is 13.7 Å². The second-order valence-electron chi connectivity index (χ2n) is 5.20. The van der Waals surface area contributed by atoms with Crippen molar-refractivity contribution < 1.29 is 14.0 Å². The van der Waals surface area contributed by atoms with Crippen molar-refractivity contribution in [1.82, 2.24) is 15.1 Å². The second kappa shape index (κ2) is 7.55. The predicted octanol–water partition coefficient (Wildman–Crippen LogP) is 3.89. The summed E-state index contributed by atoms with van der Waals surface area (Å²) in [7, 11) is 1.63. The van der Waals surface area contributed by atoms with Gasteiger partial charge in [0.05, 0.1) is 19.2 Å². The van der Waals surface area contributed by atoms with Gasteiger partial charge in [0.15, 0.2) is 0 Å². The standard InChI is InChI=1S/C17H19N3O3S/c1-4-22-11(2)17-18-13(10-24-17)9-15-19-16(20-23-15)12-6-5-7-14(8-12)21-3/h5-8,10-11H,4,9H2,1-3H3/t11-/m1/s1. The number of rotatable bonds is 7. The smallest absolute Gasteiger partial charge is 0.233 e. The molecule has 6 nitrogen and oxygen atoms in total. The summed E-state index contributed by atoms with van der Waals surface area (Å²) in [4.78, 5) is 9.02. The molecule has 0 amide bonds. The molecule has 3 rings (SSSR count). The normalized spacial score (nSPS) is 12.3. The molecule has 126 valence electrons. The van der Waals surface area contributed by atoms with E-state index in [4.69, 9.17) is 14.0 Å². The fraction of sp³-hybridized carbons (Fsp3) is 0.353. The minimum absolute atomic E-state index is 0.00350. The first kappa shape index (κ1) is 16.6. The van der Waals surface area contributed by atoms with Crippen LogP contribution in [0.5, 0.6) is 5.75 Å². The largest absolute Gasteiger partial charge is 0.497 e. The summed E-state index contributed by atoms with van der Waals surface area (Å²) in [6, 6.07) is 7.56. The molecule has 1 atom stereocenters. The SMILES string of the molecule is CCO[C@H](C)c1nc(Cc2nc(-c3cccc(OC)c3)no2)cs1. The maximum atomic E-state index is 5.56. The van der Waals surface area contributed by atoms with E-state index in [1.165, 1.54) is 0 Å². The lowest BCUT2D eigenvalue weighted by molar-refractivity contribution is 0.0761. The first-order valence-corrected chi connectivity index (χ1v) is 8.60. The molecule has 2 heterocycles. The lowest BCUT2D eigenvalue weighted by Crippen LogP contribution is -1.99. The van der Waals surface area contributed by atoms with Gasteiger partial charge in [-0.05, 0) is 26.0 Å². The summed E-state index contributed by atoms with van der Waals surface area (Å²) in [5, 5.41) is 7.00. The Morgan fingerprint density at radius 1 is 1.29 bits per heavy atom. The molecule has 2 aromatic heterocycles. The first-order chi connectivity index (χ1) is 11.7. The van der Waals surface area contributed by atoms with Crippen molar-refractivity contribution in [2.45, 2.75) is 26.4 Å². The van der Waals surface area contributed by atoms with Gasteiger partial charge < -0.3 is 14.0 Å². The van der Waals surface area contributed by atoms with Crippen molar-refractivity contribution in [3.05, 3.63) is 46.2 Å². The van der Waals surface area contributed by atoms with Crippen LogP contribution in [-0.4, -0.2) is 28.8 Å². The van der Waals surface area contributed by atoms with Gasteiger partial charge in [0, 0.05) is 17.6 Å². The second-order valence-corrected chi connectivity index (χ2v) is 6.08. The van der Waals surface area contributed by atoms with Crippen LogP contribution in [0.2, 0.25) is 0 Å². The fourth-order valence-electron chi connectivity index (χ4n) is 2.27. The van der Waals surface area contributed by atoms with Crippen LogP contribution in [0.4, 0.5) is 0 Å². The van der Waals surface area contributed by atoms with Crippen LogP contribution in [0.1, 0.15) is 36.5 Å². The van der Waals surface area contributed by atoms with E-state index in [1.54, 1.807) is 18.4 Å². The van der Waals surface area contributed by atoms with Crippen molar-refractivity contribution in [2.24, 2.45) is 0 Å². The maximum Gasteiger partial charge on any atom is 0.233 e. The summed E-state index contributed by atoms with van der Waals surface area (Å²) in [6.45, 7) is 4.65. The summed E-state index contributed by atoms with van der Waals surface area (Å²) >= 11 is 1.58. The summed E-state index contributed by atoms with van der Waals surface area (Å²) in [5.74, 6) is 1.84. The van der Waals surface area contributed by atoms with Crippen LogP contribution < -0.4 is 4.74 Å². The highest BCUT2D eigenvalue weighted by Crippen LogP contribution is 2.24. The Balaban J connectivity index is 1.72. The molecule has 0 aliphatic heterocycles. The third-order valence-electron chi connectivity index (χ3n) is 3.46. The molecule has 1 aromatic carbocycles. The Morgan fingerprint density at radius 3 is 2.96 bits per heavy atom. The van der Waals surface area contributed by atoms with Gasteiger partial charge in [0.25, 0.3) is 0 Å². The number of nitrogens with zero attached hydrogens (tertiary/aromatic N) is 3. The van der Waals surface area contributed by atoms with Crippen molar-refractivity contribution in [3.63, 3.8) is 0 Å². The van der Waals surface area contributed by atoms with E-state index in [1.807, 2.05) is 43.5 Å². The van der Waals surface area contributed by atoms with E-state index in [0.29, 0.717) is 24.7 Å². The number of methoxy groups -OCH3 is 1. The highest BCUT2D eigenvalue weighted by molar-refractivity contribution is 7.09. The first-order valence-electron chi connectivity index (χ1n) is 7.72. The Bertz CT molecular complexity index is 800. The van der Waals surface area contributed by atoms with Gasteiger partial charge in [-0.1, -0.05) is 17.3 Å². The minimum Gasteiger partial charge on any atom is -0.497 e. The third kappa shape index (κ3) is 3.80. The number of benzene rings is 1. The van der Waals surface area contributed by atoms with Crippen molar-refractivity contribution in [1.29, 1.82) is 0 Å². The number of ether oxygens (including phenoxy) is 2. The Morgan fingerprint density at radius 2 is 2.17 bits per heavy atom. The molecule has 0 aliphatic carbocycles. The molecule has 0 spiro atoms. The zero-order chi connectivity index (χ0) is 16.9. The van der Waals surface area contributed by atoms with Gasteiger partial charge in [-0.15, -0.1) is 11.3 Å². The average Bonchev–Trinajstić information content (AvgIpc) is 3.25. The van der Waals surface area contributed by atoms with E-state index >= 15 is 0 Å². The molecular weight excluding hydrogens is 326 g/mol. The van der Waals surface area contributed by atoms with E-state index < -0.39 is 0 Å². The lowest BCUT2D eigenvalue weighted by Gasteiger charge is -2.06. The highest BCUT2D eigenvalue weighted by Gasteiger charge is 2.14. The zero-order valence-electron chi connectivity index (χ0n) is 13.9. The number of aromatic nitrogens is 3. The summed E-state index contributed by atoms with van der Waals surface area (Å²) in [5.41, 5.74) is 1.76. The van der Waals surface area contributed by atoms with Crippen molar-refractivity contribution in [3.8, 4) is 17.1 Å². The molecule has 0 bridgehead atoms. The van der Waals surface area contributed by atoms with Gasteiger partial charge in [0.2, 0.25) is 11.7 Å². The van der Waals surface area contributed by atoms with Crippen LogP contribution in [0, 0.1) is 0 Å². The Labute approximate surface area is 144 Å². The van der Waals surface area contributed by atoms with Crippen LogP contribution >= 0.6 is 11.3 Å². The van der Waals surface area contributed by atoms with Crippen LogP contribution in [0.25, 0.3) is 11.4 Å². The maximum absolute atomic E-state index is 5.56. The molecule has 0 N–H and O–H groups in total. The molecule has 0 radical (unpaired) electrons. The molecule has 0 fully saturated rings. The zero-order valence-corrected chi connectivity index (χ0v) is 14.7. The van der Waals surface area contributed by atoms with Gasteiger partial charge in [-0.2, -0.15) is 4.98 Å². The molecule has 24 heavy (non-hydrogen) atoms. The number of hydrogen-bond donors (Lipinski definition) is 0. The van der Waals surface area contributed by atoms with Gasteiger partial charge in [-0.25, -0.2) is 4.98 Å². The van der Waals surface area contributed by atoms with E-state index in [9.17, 15) is 0 Å². The van der Waals surface area contributed by atoms with E-state index in [2.05, 4.69) is 15.1 Å². The van der Waals surface area contributed by atoms with Crippen molar-refractivity contribution >= 4 is 11.3 Å². The Hall–Kier alpha value is -2.25. The molecule has 7 heteroatoms.